The third-order valence-corrected chi connectivity index (χ3v) is 2.56. The van der Waals surface area contributed by atoms with Crippen molar-refractivity contribution in [1.29, 1.82) is 0 Å². The summed E-state index contributed by atoms with van der Waals surface area (Å²) >= 11 is 3.41. The number of hydrogen-bond donors (Lipinski definition) is 1. The summed E-state index contributed by atoms with van der Waals surface area (Å²) in [5, 5.41) is 4.37. The molecule has 9 heteroatoms. The highest BCUT2D eigenvalue weighted by atomic mass is 79.9. The van der Waals surface area contributed by atoms with Crippen LogP contribution >= 0.6 is 15.9 Å². The van der Waals surface area contributed by atoms with Gasteiger partial charge in [-0.15, -0.1) is 4.68 Å². The number of rotatable bonds is 1. The molecule has 0 amide bonds. The molecule has 104 valence electrons. The van der Waals surface area contributed by atoms with Crippen molar-refractivity contribution in [2.24, 2.45) is 14.1 Å². The molecule has 0 atom stereocenters. The van der Waals surface area contributed by atoms with Gasteiger partial charge in [-0.3, -0.25) is 4.55 Å². The smallest absolute Gasteiger partial charge is 0.308 e. The van der Waals surface area contributed by atoms with Crippen LogP contribution in [0, 0.1) is 0 Å². The quantitative estimate of drug-likeness (QED) is 0.463. The molecule has 1 N–H and O–H groups in total. The summed E-state index contributed by atoms with van der Waals surface area (Å²) in [6, 6.07) is 8.13. The first kappa shape index (κ1) is 15.8. The fraction of sp³-hybridized carbons (Fsp3) is 0.200. The van der Waals surface area contributed by atoms with E-state index in [1.165, 1.54) is 0 Å². The van der Waals surface area contributed by atoms with Crippen molar-refractivity contribution in [3.05, 3.63) is 35.1 Å². The molecule has 0 saturated carbocycles. The number of benzene rings is 1. The van der Waals surface area contributed by atoms with Crippen molar-refractivity contribution in [2.45, 2.75) is 0 Å². The SMILES string of the molecule is Cn1c[n+](C)c(-c2ccc(Br)cc2)n1.O=S(=O)([O-])O. The fourth-order valence-electron chi connectivity index (χ4n) is 1.41. The Morgan fingerprint density at radius 3 is 2.21 bits per heavy atom. The van der Waals surface area contributed by atoms with Crippen LogP contribution in [-0.2, 0) is 24.5 Å². The van der Waals surface area contributed by atoms with Crippen molar-refractivity contribution in [3.63, 3.8) is 0 Å². The minimum Gasteiger partial charge on any atom is -0.726 e. The molecule has 2 aromatic rings. The number of nitrogens with zero attached hydrogens (tertiary/aromatic N) is 3. The summed E-state index contributed by atoms with van der Waals surface area (Å²) in [5.74, 6) is 0.972. The van der Waals surface area contributed by atoms with Crippen LogP contribution in [0.15, 0.2) is 35.1 Å². The highest BCUT2D eigenvalue weighted by molar-refractivity contribution is 9.10. The van der Waals surface area contributed by atoms with Gasteiger partial charge in [0.25, 0.3) is 0 Å². The predicted octanol–water partition coefficient (Wildman–Crippen LogP) is 0.679. The van der Waals surface area contributed by atoms with Crippen molar-refractivity contribution in [3.8, 4) is 11.4 Å². The first-order chi connectivity index (χ1) is 8.66. The average Bonchev–Trinajstić information content (AvgIpc) is 2.56. The maximum atomic E-state index is 8.63. The molecule has 0 spiro atoms. The third kappa shape index (κ3) is 5.92. The fourth-order valence-corrected chi connectivity index (χ4v) is 1.68. The Kier molecular flexibility index (Phi) is 5.18. The molecule has 0 aliphatic heterocycles. The predicted molar refractivity (Wildman–Crippen MR) is 69.8 cm³/mol. The summed E-state index contributed by atoms with van der Waals surface area (Å²) in [5.41, 5.74) is 1.12. The monoisotopic (exact) mass is 349 g/mol. The summed E-state index contributed by atoms with van der Waals surface area (Å²) in [6.07, 6.45) is 1.94. The first-order valence-corrected chi connectivity index (χ1v) is 7.16. The van der Waals surface area contributed by atoms with Crippen LogP contribution in [0.25, 0.3) is 11.4 Å². The Labute approximate surface area is 119 Å². The third-order valence-electron chi connectivity index (χ3n) is 2.03. The molecule has 7 nitrogen and oxygen atoms in total. The van der Waals surface area contributed by atoms with Crippen LogP contribution in [0.1, 0.15) is 0 Å². The Morgan fingerprint density at radius 2 is 1.84 bits per heavy atom. The summed E-state index contributed by atoms with van der Waals surface area (Å²) < 4.78 is 37.7. The van der Waals surface area contributed by atoms with Gasteiger partial charge in [-0.1, -0.05) is 15.9 Å². The van der Waals surface area contributed by atoms with E-state index in [1.54, 1.807) is 4.68 Å². The lowest BCUT2D eigenvalue weighted by atomic mass is 10.2. The van der Waals surface area contributed by atoms with Crippen LogP contribution < -0.4 is 4.57 Å². The van der Waals surface area contributed by atoms with E-state index >= 15 is 0 Å². The van der Waals surface area contributed by atoms with Crippen molar-refractivity contribution in [2.75, 3.05) is 0 Å². The summed E-state index contributed by atoms with van der Waals surface area (Å²) in [4.78, 5) is 0. The van der Waals surface area contributed by atoms with Gasteiger partial charge in [0, 0.05) is 9.57 Å². The van der Waals surface area contributed by atoms with Crippen molar-refractivity contribution >= 4 is 26.3 Å². The second-order valence-electron chi connectivity index (χ2n) is 3.66. The maximum Gasteiger partial charge on any atom is 0.308 e. The molecule has 0 fully saturated rings. The van der Waals surface area contributed by atoms with Gasteiger partial charge >= 0.3 is 5.82 Å². The van der Waals surface area contributed by atoms with Gasteiger partial charge in [0.2, 0.25) is 16.7 Å². The Balaban J connectivity index is 0.000000312. The van der Waals surface area contributed by atoms with E-state index in [4.69, 9.17) is 17.5 Å². The van der Waals surface area contributed by atoms with E-state index in [-0.39, 0.29) is 0 Å². The molecule has 0 aliphatic rings. The van der Waals surface area contributed by atoms with Gasteiger partial charge in [0.1, 0.15) is 0 Å². The largest absolute Gasteiger partial charge is 0.726 e. The van der Waals surface area contributed by atoms with Gasteiger partial charge in [0.05, 0.1) is 19.7 Å². The molecule has 2 rings (SSSR count). The first-order valence-electron chi connectivity index (χ1n) is 5.00. The molecule has 1 aromatic heterocycles. The maximum absolute atomic E-state index is 8.63. The Morgan fingerprint density at radius 1 is 1.37 bits per heavy atom. The standard InChI is InChI=1S/C10H11BrN3.H2O4S/c1-13-7-14(2)12-10(13)8-3-5-9(11)6-4-8;1-5(2,3)4/h3-7H,1-2H3;(H2,1,2,3,4)/q+1;/p-1. The summed E-state index contributed by atoms with van der Waals surface area (Å²) in [6.45, 7) is 0. The number of aryl methyl sites for hydroxylation is 2. The molecule has 0 radical (unpaired) electrons. The lowest BCUT2D eigenvalue weighted by molar-refractivity contribution is -0.661. The topological polar surface area (TPSA) is 99.1 Å². The highest BCUT2D eigenvalue weighted by Crippen LogP contribution is 2.16. The Hall–Kier alpha value is -1.29. The van der Waals surface area contributed by atoms with E-state index in [1.807, 2.05) is 49.3 Å². The molecule has 0 unspecified atom stereocenters. The van der Waals surface area contributed by atoms with E-state index in [0.717, 1.165) is 15.9 Å². The number of halogens is 1. The molecule has 0 bridgehead atoms. The lowest BCUT2D eigenvalue weighted by Crippen LogP contribution is -2.27. The normalized spacial score (nSPS) is 10.8. The van der Waals surface area contributed by atoms with Crippen LogP contribution in [-0.4, -0.2) is 27.3 Å². The number of hydrogen-bond acceptors (Lipinski definition) is 4. The number of aromatic nitrogens is 3. The zero-order valence-electron chi connectivity index (χ0n) is 10.2. The minimum absolute atomic E-state index is 0.972. The highest BCUT2D eigenvalue weighted by Gasteiger charge is 2.13. The molecule has 1 heterocycles. The van der Waals surface area contributed by atoms with Crippen molar-refractivity contribution in [1.82, 2.24) is 9.78 Å². The molecular weight excluding hydrogens is 338 g/mol. The average molecular weight is 350 g/mol. The van der Waals surface area contributed by atoms with Gasteiger partial charge in [-0.25, -0.2) is 13.0 Å². The van der Waals surface area contributed by atoms with Crippen molar-refractivity contribution < 1.29 is 22.1 Å². The van der Waals surface area contributed by atoms with Crippen LogP contribution in [0.4, 0.5) is 0 Å². The molecular formula is C10H12BrN3O4S. The van der Waals surface area contributed by atoms with Gasteiger partial charge in [-0.05, 0) is 24.3 Å². The second-order valence-corrected chi connectivity index (χ2v) is 5.43. The molecule has 1 aromatic carbocycles. The zero-order chi connectivity index (χ0) is 14.6. The van der Waals surface area contributed by atoms with Gasteiger partial charge < -0.3 is 4.55 Å². The minimum atomic E-state index is -4.92. The van der Waals surface area contributed by atoms with Gasteiger partial charge in [-0.2, -0.15) is 0 Å². The van der Waals surface area contributed by atoms with Gasteiger partial charge in [0.15, 0.2) is 0 Å². The zero-order valence-corrected chi connectivity index (χ0v) is 12.6. The molecule has 0 saturated heterocycles. The Bertz CT molecular complexity index is 644. The molecule has 19 heavy (non-hydrogen) atoms. The van der Waals surface area contributed by atoms with E-state index < -0.39 is 10.4 Å². The van der Waals surface area contributed by atoms with Crippen LogP contribution in [0.3, 0.4) is 0 Å². The summed E-state index contributed by atoms with van der Waals surface area (Å²) in [7, 11) is -1.01. The van der Waals surface area contributed by atoms with E-state index in [2.05, 4.69) is 21.0 Å². The van der Waals surface area contributed by atoms with Crippen LogP contribution in [0.2, 0.25) is 0 Å². The van der Waals surface area contributed by atoms with Crippen LogP contribution in [0.5, 0.6) is 0 Å². The van der Waals surface area contributed by atoms with E-state index in [0.29, 0.717) is 0 Å². The molecule has 0 aliphatic carbocycles. The second kappa shape index (κ2) is 6.24. The van der Waals surface area contributed by atoms with E-state index in [9.17, 15) is 0 Å². The lowest BCUT2D eigenvalue weighted by Gasteiger charge is -1.93.